The van der Waals surface area contributed by atoms with Crippen LogP contribution < -0.4 is 15.0 Å². The molecule has 0 unspecified atom stereocenters. The Hall–Kier alpha value is -4.16. The number of piperidine rings is 1. The van der Waals surface area contributed by atoms with E-state index in [0.717, 1.165) is 32.2 Å². The lowest BCUT2D eigenvalue weighted by molar-refractivity contribution is -0.119. The third kappa shape index (κ3) is 5.04. The van der Waals surface area contributed by atoms with Crippen LogP contribution in [0.3, 0.4) is 0 Å². The third-order valence-electron chi connectivity index (χ3n) is 10.8. The number of aliphatic hydroxyl groups is 1. The van der Waals surface area contributed by atoms with Gasteiger partial charge in [0.1, 0.15) is 35.2 Å². The first-order valence-electron chi connectivity index (χ1n) is 16.6. The number of pyridine rings is 1. The molecule has 4 aliphatic heterocycles. The molecule has 10 nitrogen and oxygen atoms in total. The maximum absolute atomic E-state index is 16.9. The van der Waals surface area contributed by atoms with Crippen molar-refractivity contribution in [2.75, 3.05) is 44.2 Å². The molecular weight excluding hydrogens is 606 g/mol. The number of aromatic hydroxyl groups is 1. The minimum Gasteiger partial charge on any atom is -0.508 e. The summed E-state index contributed by atoms with van der Waals surface area (Å²) in [5.74, 6) is -0.719. The molecule has 12 heteroatoms. The fourth-order valence-corrected chi connectivity index (χ4v) is 8.67. The third-order valence-corrected chi connectivity index (χ3v) is 10.8. The number of fused-ring (bicyclic) bond motifs is 3. The predicted molar refractivity (Wildman–Crippen MR) is 172 cm³/mol. The van der Waals surface area contributed by atoms with E-state index >= 15 is 4.39 Å². The number of anilines is 1. The van der Waals surface area contributed by atoms with E-state index in [4.69, 9.17) is 9.72 Å². The highest BCUT2D eigenvalue weighted by Crippen LogP contribution is 2.43. The average molecular weight is 645 g/mol. The molecule has 3 atom stereocenters. The molecule has 3 N–H and O–H groups in total. The highest BCUT2D eigenvalue weighted by atomic mass is 19.1. The van der Waals surface area contributed by atoms with Gasteiger partial charge in [0.2, 0.25) is 5.91 Å². The number of nitrogens with one attached hydrogen (secondary N) is 1. The Morgan fingerprint density at radius 1 is 1.15 bits per heavy atom. The van der Waals surface area contributed by atoms with Crippen LogP contribution in [0.5, 0.6) is 11.8 Å². The van der Waals surface area contributed by atoms with E-state index in [2.05, 4.69) is 25.1 Å². The summed E-state index contributed by atoms with van der Waals surface area (Å²) in [6.45, 7) is 5.35. The highest BCUT2D eigenvalue weighted by Gasteiger charge is 2.49. The van der Waals surface area contributed by atoms with Crippen LogP contribution in [0.1, 0.15) is 51.0 Å². The van der Waals surface area contributed by atoms with Crippen molar-refractivity contribution >= 4 is 33.4 Å². The number of β-amino-alcohol motifs (C(OH)–C–C–N with tert-alkyl or cyclic N) is 1. The first-order valence-corrected chi connectivity index (χ1v) is 16.6. The van der Waals surface area contributed by atoms with Gasteiger partial charge in [-0.3, -0.25) is 14.7 Å². The lowest BCUT2D eigenvalue weighted by atomic mass is 9.79. The second-order valence-electron chi connectivity index (χ2n) is 13.9. The van der Waals surface area contributed by atoms with Crippen molar-refractivity contribution in [3.8, 4) is 23.0 Å². The monoisotopic (exact) mass is 644 g/mol. The van der Waals surface area contributed by atoms with Crippen molar-refractivity contribution in [1.29, 1.82) is 0 Å². The predicted octanol–water partition coefficient (Wildman–Crippen LogP) is 4.48. The molecule has 2 aromatic heterocycles. The number of halogens is 2. The number of benzene rings is 2. The quantitative estimate of drug-likeness (QED) is 0.279. The highest BCUT2D eigenvalue weighted by molar-refractivity contribution is 6.01. The molecule has 1 amide bonds. The SMILES string of the molecule is CCc1c(F)ccc2cc(O)cc(-c3ncc4c(N5CCC[C@@]6(CNC(=O)C6)C5)nc(OC[C@]56CCCN5C[C@@H](O)C6)nc4c3F)c12. The van der Waals surface area contributed by atoms with E-state index in [0.29, 0.717) is 73.0 Å². The summed E-state index contributed by atoms with van der Waals surface area (Å²) < 4.78 is 38.2. The molecule has 4 fully saturated rings. The van der Waals surface area contributed by atoms with Gasteiger partial charge in [0, 0.05) is 49.8 Å². The van der Waals surface area contributed by atoms with Crippen LogP contribution in [0.15, 0.2) is 30.5 Å². The van der Waals surface area contributed by atoms with E-state index in [1.165, 1.54) is 24.4 Å². The number of carbonyl (C=O) groups is 1. The summed E-state index contributed by atoms with van der Waals surface area (Å²) in [7, 11) is 0. The minimum atomic E-state index is -0.726. The molecule has 4 saturated heterocycles. The molecule has 0 bridgehead atoms. The van der Waals surface area contributed by atoms with Crippen molar-refractivity contribution < 1.29 is 28.5 Å². The van der Waals surface area contributed by atoms with Crippen molar-refractivity contribution in [2.24, 2.45) is 5.41 Å². The molecule has 1 spiro atoms. The molecule has 0 aliphatic carbocycles. The molecule has 8 rings (SSSR count). The Bertz CT molecular complexity index is 1930. The van der Waals surface area contributed by atoms with Gasteiger partial charge in [-0.1, -0.05) is 13.0 Å². The van der Waals surface area contributed by atoms with Crippen LogP contribution >= 0.6 is 0 Å². The van der Waals surface area contributed by atoms with Gasteiger partial charge in [-0.15, -0.1) is 0 Å². The Morgan fingerprint density at radius 3 is 2.81 bits per heavy atom. The standard InChI is InChI=1S/C35H38F2N6O4/c1-2-23-26(36)6-5-20-11-21(44)12-24(28(20)23)30-29(37)31-25(15-38-30)32(42-9-3-7-34(18-42)14-27(46)39-17-34)41-33(40-31)47-19-35-8-4-10-43(35)16-22(45)13-35/h5-6,11-12,15,22,44-45H,2-4,7-10,13-14,16-19H2,1H3,(H,39,46)/t22-,34+,35+/m0/s1. The molecule has 0 radical (unpaired) electrons. The van der Waals surface area contributed by atoms with Crippen molar-refractivity contribution in [2.45, 2.75) is 63.5 Å². The van der Waals surface area contributed by atoms with Gasteiger partial charge in [0.05, 0.1) is 17.0 Å². The van der Waals surface area contributed by atoms with Gasteiger partial charge in [-0.2, -0.15) is 9.97 Å². The Labute approximate surface area is 270 Å². The van der Waals surface area contributed by atoms with Crippen molar-refractivity contribution in [1.82, 2.24) is 25.2 Å². The lowest BCUT2D eigenvalue weighted by Gasteiger charge is -2.40. The normalized spacial score (nSPS) is 26.1. The largest absolute Gasteiger partial charge is 0.508 e. The van der Waals surface area contributed by atoms with Gasteiger partial charge in [-0.05, 0) is 79.6 Å². The smallest absolute Gasteiger partial charge is 0.319 e. The number of aromatic nitrogens is 3. The fourth-order valence-electron chi connectivity index (χ4n) is 8.67. The van der Waals surface area contributed by atoms with Crippen LogP contribution in [0.25, 0.3) is 32.9 Å². The van der Waals surface area contributed by atoms with Crippen LogP contribution in [0.2, 0.25) is 0 Å². The zero-order chi connectivity index (χ0) is 32.5. The fraction of sp³-hybridized carbons (Fsp3) is 0.486. The molecule has 246 valence electrons. The number of phenols is 1. The summed E-state index contributed by atoms with van der Waals surface area (Å²) in [5, 5.41) is 25.5. The van der Waals surface area contributed by atoms with Crippen LogP contribution in [0, 0.1) is 17.0 Å². The second-order valence-corrected chi connectivity index (χ2v) is 13.9. The number of phenolic OH excluding ortho intramolecular Hbond substituents is 1. The lowest BCUT2D eigenvalue weighted by Crippen LogP contribution is -2.45. The Morgan fingerprint density at radius 2 is 2.00 bits per heavy atom. The number of nitrogens with zero attached hydrogens (tertiary/aromatic N) is 5. The zero-order valence-electron chi connectivity index (χ0n) is 26.4. The average Bonchev–Trinajstić information content (AvgIpc) is 3.71. The number of hydrogen-bond acceptors (Lipinski definition) is 9. The molecule has 2 aromatic carbocycles. The number of carbonyl (C=O) groups excluding carboxylic acids is 1. The number of aliphatic hydroxyl groups excluding tert-OH is 1. The summed E-state index contributed by atoms with van der Waals surface area (Å²) in [5.41, 5.74) is 0.0495. The Kier molecular flexibility index (Phi) is 7.21. The van der Waals surface area contributed by atoms with Gasteiger partial charge >= 0.3 is 6.01 Å². The first kappa shape index (κ1) is 30.2. The van der Waals surface area contributed by atoms with Gasteiger partial charge < -0.3 is 25.2 Å². The summed E-state index contributed by atoms with van der Waals surface area (Å²) in [6, 6.07) is 5.88. The molecule has 0 saturated carbocycles. The topological polar surface area (TPSA) is 124 Å². The van der Waals surface area contributed by atoms with Crippen molar-refractivity contribution in [3.63, 3.8) is 0 Å². The van der Waals surface area contributed by atoms with Crippen molar-refractivity contribution in [3.05, 3.63) is 47.7 Å². The zero-order valence-corrected chi connectivity index (χ0v) is 26.4. The summed E-state index contributed by atoms with van der Waals surface area (Å²) in [6.07, 6.45) is 6.10. The number of rotatable bonds is 6. The minimum absolute atomic E-state index is 0.00780. The number of hydrogen-bond donors (Lipinski definition) is 3. The molecule has 47 heavy (non-hydrogen) atoms. The number of amides is 1. The molecule has 6 heterocycles. The molecule has 4 aliphatic rings. The first-order chi connectivity index (χ1) is 22.7. The van der Waals surface area contributed by atoms with E-state index in [9.17, 15) is 19.4 Å². The van der Waals surface area contributed by atoms with Gasteiger partial charge in [-0.25, -0.2) is 8.78 Å². The number of ether oxygens (including phenoxy) is 1. The summed E-state index contributed by atoms with van der Waals surface area (Å²) in [4.78, 5) is 30.6. The van der Waals surface area contributed by atoms with Gasteiger partial charge in [0.15, 0.2) is 5.82 Å². The van der Waals surface area contributed by atoms with E-state index in [1.807, 2.05) is 6.92 Å². The Balaban J connectivity index is 1.27. The second kappa shape index (κ2) is 11.2. The maximum Gasteiger partial charge on any atom is 0.319 e. The van der Waals surface area contributed by atoms with Crippen LogP contribution in [-0.2, 0) is 11.2 Å². The molecular formula is C35H38F2N6O4. The van der Waals surface area contributed by atoms with E-state index in [-0.39, 0.29) is 52.0 Å². The number of aryl methyl sites for hydroxylation is 1. The van der Waals surface area contributed by atoms with Gasteiger partial charge in [0.25, 0.3) is 0 Å². The maximum atomic E-state index is 16.9. The van der Waals surface area contributed by atoms with Crippen LogP contribution in [0.4, 0.5) is 14.6 Å². The summed E-state index contributed by atoms with van der Waals surface area (Å²) >= 11 is 0. The van der Waals surface area contributed by atoms with E-state index in [1.54, 1.807) is 6.07 Å². The van der Waals surface area contributed by atoms with E-state index < -0.39 is 17.7 Å². The van der Waals surface area contributed by atoms with Crippen LogP contribution in [-0.4, -0.2) is 86.9 Å². The molecule has 4 aromatic rings.